The molecule has 9 heteroatoms. The van der Waals surface area contributed by atoms with Crippen LogP contribution in [0.2, 0.25) is 0 Å². The molecule has 1 aliphatic heterocycles. The molecule has 1 aliphatic rings. The van der Waals surface area contributed by atoms with Gasteiger partial charge in [0.05, 0.1) is 23.5 Å². The van der Waals surface area contributed by atoms with Crippen LogP contribution in [-0.4, -0.2) is 19.4 Å². The summed E-state index contributed by atoms with van der Waals surface area (Å²) in [6, 6.07) is 16.5. The molecule has 4 rings (SSSR count). The van der Waals surface area contributed by atoms with Gasteiger partial charge in [-0.05, 0) is 36.4 Å². The average molecular weight is 397 g/mol. The lowest BCUT2D eigenvalue weighted by atomic mass is 10.2. The summed E-state index contributed by atoms with van der Waals surface area (Å²) in [5.74, 6) is 0.754. The molecular weight excluding hydrogens is 382 g/mol. The number of para-hydroxylation sites is 1. The van der Waals surface area contributed by atoms with Gasteiger partial charge in [0.25, 0.3) is 0 Å². The first-order valence-electron chi connectivity index (χ1n) is 8.31. The summed E-state index contributed by atoms with van der Waals surface area (Å²) in [5.41, 5.74) is 1.34. The van der Waals surface area contributed by atoms with E-state index in [9.17, 15) is 13.2 Å². The molecule has 0 fully saturated rings. The van der Waals surface area contributed by atoms with Gasteiger partial charge < -0.3 is 9.47 Å². The second kappa shape index (κ2) is 7.20. The highest BCUT2D eigenvalue weighted by atomic mass is 32.2. The molecule has 0 saturated carbocycles. The number of hydrogen-bond acceptors (Lipinski definition) is 6. The molecule has 0 atom stereocenters. The number of nitrogens with one attached hydrogen (secondary N) is 2. The van der Waals surface area contributed by atoms with E-state index in [1.165, 1.54) is 6.20 Å². The number of pyridine rings is 1. The van der Waals surface area contributed by atoms with Crippen molar-refractivity contribution in [2.75, 3.05) is 9.44 Å². The van der Waals surface area contributed by atoms with Gasteiger partial charge in [-0.15, -0.1) is 0 Å². The van der Waals surface area contributed by atoms with E-state index in [1.807, 2.05) is 0 Å². The van der Waals surface area contributed by atoms with E-state index < -0.39 is 10.2 Å². The largest absolute Gasteiger partial charge is 0.453 e. The minimum absolute atomic E-state index is 0.113. The fourth-order valence-corrected chi connectivity index (χ4v) is 3.58. The first-order valence-corrected chi connectivity index (χ1v) is 9.79. The summed E-state index contributed by atoms with van der Waals surface area (Å²) in [7, 11) is -3.78. The van der Waals surface area contributed by atoms with Crippen LogP contribution in [0.4, 0.5) is 11.4 Å². The molecular formula is C19H15N3O5S. The number of nitrogens with zero attached hydrogens (tertiary/aromatic N) is 1. The van der Waals surface area contributed by atoms with E-state index in [-0.39, 0.29) is 12.4 Å². The second-order valence-electron chi connectivity index (χ2n) is 5.94. The van der Waals surface area contributed by atoms with Crippen molar-refractivity contribution in [3.63, 3.8) is 0 Å². The molecule has 3 aromatic rings. The summed E-state index contributed by atoms with van der Waals surface area (Å²) in [4.78, 5) is 15.5. The summed E-state index contributed by atoms with van der Waals surface area (Å²) < 4.78 is 40.1. The molecule has 0 spiro atoms. The number of hydrogen-bond donors (Lipinski definition) is 2. The van der Waals surface area contributed by atoms with Crippen LogP contribution in [0.3, 0.4) is 0 Å². The average Bonchev–Trinajstić information content (AvgIpc) is 3.05. The van der Waals surface area contributed by atoms with Crippen molar-refractivity contribution in [2.45, 2.75) is 6.42 Å². The highest BCUT2D eigenvalue weighted by Crippen LogP contribution is 2.37. The maximum absolute atomic E-state index is 12.2. The van der Waals surface area contributed by atoms with E-state index in [0.717, 1.165) is 0 Å². The van der Waals surface area contributed by atoms with Crippen molar-refractivity contribution in [2.24, 2.45) is 0 Å². The van der Waals surface area contributed by atoms with Crippen molar-refractivity contribution in [3.05, 3.63) is 72.6 Å². The molecule has 0 aliphatic carbocycles. The highest BCUT2D eigenvalue weighted by Gasteiger charge is 2.25. The number of carbonyl (C=O) groups is 1. The molecule has 2 N–H and O–H groups in total. The number of rotatable bonds is 6. The Morgan fingerprint density at radius 1 is 0.929 bits per heavy atom. The van der Waals surface area contributed by atoms with Crippen molar-refractivity contribution in [1.29, 1.82) is 0 Å². The molecule has 2 heterocycles. The first kappa shape index (κ1) is 17.8. The second-order valence-corrected chi connectivity index (χ2v) is 7.35. The molecule has 8 nitrogen and oxygen atoms in total. The Labute approximate surface area is 161 Å². The zero-order valence-electron chi connectivity index (χ0n) is 14.5. The van der Waals surface area contributed by atoms with Crippen molar-refractivity contribution in [1.82, 2.24) is 4.98 Å². The number of carbonyl (C=O) groups excluding carboxylic acids is 1. The van der Waals surface area contributed by atoms with Gasteiger partial charge in [0.2, 0.25) is 0 Å². The zero-order valence-corrected chi connectivity index (χ0v) is 15.3. The van der Waals surface area contributed by atoms with Gasteiger partial charge in [0.15, 0.2) is 11.5 Å². The predicted octanol–water partition coefficient (Wildman–Crippen LogP) is 3.10. The molecule has 142 valence electrons. The Hall–Kier alpha value is -3.59. The van der Waals surface area contributed by atoms with Crippen LogP contribution in [0.15, 0.2) is 66.9 Å². The van der Waals surface area contributed by atoms with Crippen molar-refractivity contribution < 1.29 is 22.7 Å². The lowest BCUT2D eigenvalue weighted by Crippen LogP contribution is -2.21. The monoisotopic (exact) mass is 397 g/mol. The Balaban J connectivity index is 1.45. The van der Waals surface area contributed by atoms with Gasteiger partial charge in [-0.2, -0.15) is 8.42 Å². The minimum atomic E-state index is -3.78. The molecule has 2 aromatic carbocycles. The topological polar surface area (TPSA) is 107 Å². The normalized spacial score (nSPS) is 12.8. The number of aromatic nitrogens is 1. The molecule has 0 saturated heterocycles. The molecule has 28 heavy (non-hydrogen) atoms. The maximum Gasteiger partial charge on any atom is 0.321 e. The smallest absolute Gasteiger partial charge is 0.321 e. The number of ether oxygens (including phenoxy) is 2. The Morgan fingerprint density at radius 2 is 1.61 bits per heavy atom. The van der Waals surface area contributed by atoms with E-state index >= 15 is 0 Å². The third-order valence-electron chi connectivity index (χ3n) is 3.83. The first-order chi connectivity index (χ1) is 13.5. The highest BCUT2D eigenvalue weighted by molar-refractivity contribution is 7.94. The molecule has 0 radical (unpaired) electrons. The molecule has 1 aromatic heterocycles. The van der Waals surface area contributed by atoms with Crippen LogP contribution in [0.1, 0.15) is 5.69 Å². The molecule has 0 amide bonds. The minimum Gasteiger partial charge on any atom is -0.453 e. The van der Waals surface area contributed by atoms with Crippen LogP contribution in [0.25, 0.3) is 0 Å². The lowest BCUT2D eigenvalue weighted by molar-refractivity contribution is -0.131. The van der Waals surface area contributed by atoms with E-state index in [0.29, 0.717) is 34.3 Å². The third kappa shape index (κ3) is 4.04. The summed E-state index contributed by atoms with van der Waals surface area (Å²) in [5, 5.41) is 0. The lowest BCUT2D eigenvalue weighted by Gasteiger charge is -2.12. The van der Waals surface area contributed by atoms with E-state index in [4.69, 9.17) is 9.47 Å². The predicted molar refractivity (Wildman–Crippen MR) is 103 cm³/mol. The maximum atomic E-state index is 12.2. The summed E-state index contributed by atoms with van der Waals surface area (Å²) >= 11 is 0. The fourth-order valence-electron chi connectivity index (χ4n) is 2.63. The number of anilines is 2. The van der Waals surface area contributed by atoms with Crippen LogP contribution >= 0.6 is 0 Å². The van der Waals surface area contributed by atoms with Crippen LogP contribution in [0, 0.1) is 0 Å². The van der Waals surface area contributed by atoms with Gasteiger partial charge in [-0.25, -0.2) is 0 Å². The summed E-state index contributed by atoms with van der Waals surface area (Å²) in [6.07, 6.45) is 1.65. The van der Waals surface area contributed by atoms with Gasteiger partial charge in [0.1, 0.15) is 5.75 Å². The van der Waals surface area contributed by atoms with Crippen LogP contribution in [0.5, 0.6) is 17.2 Å². The van der Waals surface area contributed by atoms with Crippen molar-refractivity contribution in [3.8, 4) is 17.2 Å². The van der Waals surface area contributed by atoms with E-state index in [2.05, 4.69) is 14.4 Å². The van der Waals surface area contributed by atoms with Crippen LogP contribution < -0.4 is 18.9 Å². The van der Waals surface area contributed by atoms with Crippen LogP contribution in [-0.2, 0) is 21.4 Å². The Morgan fingerprint density at radius 3 is 2.32 bits per heavy atom. The number of esters is 1. The van der Waals surface area contributed by atoms with Gasteiger partial charge in [0, 0.05) is 12.3 Å². The zero-order chi connectivity index (χ0) is 19.6. The number of benzene rings is 2. The fraction of sp³-hybridized carbons (Fsp3) is 0.0526. The molecule has 0 unspecified atom stereocenters. The number of fused-ring (bicyclic) bond motifs is 1. The SMILES string of the molecule is O=C1Cc2nccc(Oc3ccc(NS(=O)(=O)Nc4ccccc4)cc3)c2O1. The Kier molecular flexibility index (Phi) is 4.58. The van der Waals surface area contributed by atoms with Gasteiger partial charge in [-0.3, -0.25) is 19.2 Å². The quantitative estimate of drug-likeness (QED) is 0.619. The molecule has 0 bridgehead atoms. The van der Waals surface area contributed by atoms with Crippen molar-refractivity contribution >= 4 is 27.6 Å². The van der Waals surface area contributed by atoms with Gasteiger partial charge in [-0.1, -0.05) is 18.2 Å². The van der Waals surface area contributed by atoms with E-state index in [1.54, 1.807) is 60.7 Å². The standard InChI is InChI=1S/C19H15N3O5S/c23-18-12-16-19(27-18)17(10-11-20-16)26-15-8-6-14(7-9-15)22-28(24,25)21-13-4-2-1-3-5-13/h1-11,21-22H,12H2. The third-order valence-corrected chi connectivity index (χ3v) is 4.84. The van der Waals surface area contributed by atoms with Gasteiger partial charge >= 0.3 is 16.2 Å². The Bertz CT molecular complexity index is 1120. The summed E-state index contributed by atoms with van der Waals surface area (Å²) in [6.45, 7) is 0.